The van der Waals surface area contributed by atoms with Gasteiger partial charge >= 0.3 is 11.6 Å². The van der Waals surface area contributed by atoms with Crippen molar-refractivity contribution in [2.24, 2.45) is 5.84 Å². The molecule has 0 radical (unpaired) electrons. The summed E-state index contributed by atoms with van der Waals surface area (Å²) in [5.74, 6) is 5.43. The van der Waals surface area contributed by atoms with E-state index in [2.05, 4.69) is 15.4 Å². The van der Waals surface area contributed by atoms with Crippen LogP contribution in [-0.4, -0.2) is 14.9 Å². The number of nitrogens with one attached hydrogen (secondary N) is 1. The molecular weight excluding hydrogens is 262 g/mol. The Morgan fingerprint density at radius 3 is 2.75 bits per heavy atom. The topological polar surface area (TPSA) is 116 Å². The van der Waals surface area contributed by atoms with Gasteiger partial charge < -0.3 is 10.2 Å². The maximum atomic E-state index is 11.1. The third-order valence-corrected chi connectivity index (χ3v) is 2.87. The van der Waals surface area contributed by atoms with Crippen LogP contribution in [0.1, 0.15) is 11.1 Å². The van der Waals surface area contributed by atoms with Crippen molar-refractivity contribution in [1.29, 1.82) is 0 Å². The van der Waals surface area contributed by atoms with Crippen molar-refractivity contribution in [2.75, 3.05) is 5.43 Å². The SMILES string of the molecule is Cc1cccc(Oc2ncnc(NN)c2[N+](=O)[O-])c1C. The predicted molar refractivity (Wildman–Crippen MR) is 72.5 cm³/mol. The molecule has 8 nitrogen and oxygen atoms in total. The molecule has 2 aromatic rings. The second-order valence-electron chi connectivity index (χ2n) is 4.08. The van der Waals surface area contributed by atoms with Crippen LogP contribution in [-0.2, 0) is 0 Å². The molecule has 1 aromatic carbocycles. The highest BCUT2D eigenvalue weighted by Crippen LogP contribution is 2.34. The smallest absolute Gasteiger partial charge is 0.374 e. The molecule has 0 fully saturated rings. The van der Waals surface area contributed by atoms with Gasteiger partial charge in [-0.1, -0.05) is 12.1 Å². The first kappa shape index (κ1) is 13.7. The highest BCUT2D eigenvalue weighted by Gasteiger charge is 2.24. The summed E-state index contributed by atoms with van der Waals surface area (Å²) in [6, 6.07) is 5.43. The van der Waals surface area contributed by atoms with Crippen molar-refractivity contribution >= 4 is 11.5 Å². The fraction of sp³-hybridized carbons (Fsp3) is 0.167. The fourth-order valence-corrected chi connectivity index (χ4v) is 1.65. The van der Waals surface area contributed by atoms with Crippen molar-refractivity contribution in [3.63, 3.8) is 0 Å². The first-order chi connectivity index (χ1) is 9.54. The average Bonchev–Trinajstić information content (AvgIpc) is 2.43. The Morgan fingerprint density at radius 1 is 1.35 bits per heavy atom. The second-order valence-corrected chi connectivity index (χ2v) is 4.08. The number of aromatic nitrogens is 2. The molecule has 0 amide bonds. The number of nitrogens with zero attached hydrogens (tertiary/aromatic N) is 3. The summed E-state index contributed by atoms with van der Waals surface area (Å²) < 4.78 is 5.54. The monoisotopic (exact) mass is 275 g/mol. The van der Waals surface area contributed by atoms with Gasteiger partial charge in [0.25, 0.3) is 0 Å². The van der Waals surface area contributed by atoms with Crippen LogP contribution in [0.5, 0.6) is 11.6 Å². The standard InChI is InChI=1S/C12H13N5O3/c1-7-4-3-5-9(8(7)2)20-12-10(17(18)19)11(16-13)14-6-15-12/h3-6H,13H2,1-2H3,(H,14,15,16). The Balaban J connectivity index is 2.48. The Bertz CT molecular complexity index is 660. The lowest BCUT2D eigenvalue weighted by atomic mass is 10.1. The van der Waals surface area contributed by atoms with E-state index >= 15 is 0 Å². The number of nitrogen functional groups attached to an aromatic ring is 1. The van der Waals surface area contributed by atoms with Crippen LogP contribution in [0.25, 0.3) is 0 Å². The van der Waals surface area contributed by atoms with Crippen LogP contribution in [0.4, 0.5) is 11.5 Å². The van der Waals surface area contributed by atoms with Crippen molar-refractivity contribution in [2.45, 2.75) is 13.8 Å². The minimum atomic E-state index is -0.643. The first-order valence-corrected chi connectivity index (χ1v) is 5.74. The van der Waals surface area contributed by atoms with E-state index in [0.29, 0.717) is 5.75 Å². The molecule has 1 aromatic heterocycles. The molecule has 0 atom stereocenters. The quantitative estimate of drug-likeness (QED) is 0.498. The van der Waals surface area contributed by atoms with E-state index in [0.717, 1.165) is 17.5 Å². The summed E-state index contributed by atoms with van der Waals surface area (Å²) >= 11 is 0. The molecule has 0 aliphatic rings. The second kappa shape index (κ2) is 5.49. The Hall–Kier alpha value is -2.74. The van der Waals surface area contributed by atoms with Gasteiger partial charge in [-0.25, -0.2) is 10.8 Å². The zero-order valence-corrected chi connectivity index (χ0v) is 11.0. The zero-order valence-electron chi connectivity index (χ0n) is 11.0. The van der Waals surface area contributed by atoms with Crippen molar-refractivity contribution in [3.8, 4) is 11.6 Å². The van der Waals surface area contributed by atoms with Gasteiger partial charge in [0, 0.05) is 0 Å². The lowest BCUT2D eigenvalue weighted by Crippen LogP contribution is -2.12. The molecule has 1 heterocycles. The Morgan fingerprint density at radius 2 is 2.10 bits per heavy atom. The van der Waals surface area contributed by atoms with Gasteiger partial charge in [0.15, 0.2) is 0 Å². The largest absolute Gasteiger partial charge is 0.433 e. The first-order valence-electron chi connectivity index (χ1n) is 5.74. The van der Waals surface area contributed by atoms with Gasteiger partial charge in [0.1, 0.15) is 12.1 Å². The summed E-state index contributed by atoms with van der Waals surface area (Å²) in [7, 11) is 0. The van der Waals surface area contributed by atoms with E-state index in [1.165, 1.54) is 0 Å². The van der Waals surface area contributed by atoms with Crippen molar-refractivity contribution in [3.05, 3.63) is 45.8 Å². The Kier molecular flexibility index (Phi) is 3.76. The molecule has 0 saturated heterocycles. The van der Waals surface area contributed by atoms with Crippen LogP contribution in [0.2, 0.25) is 0 Å². The molecule has 2 rings (SSSR count). The van der Waals surface area contributed by atoms with Crippen molar-refractivity contribution in [1.82, 2.24) is 9.97 Å². The minimum Gasteiger partial charge on any atom is -0.433 e. The van der Waals surface area contributed by atoms with Gasteiger partial charge in [-0.2, -0.15) is 4.98 Å². The van der Waals surface area contributed by atoms with E-state index in [1.807, 2.05) is 19.9 Å². The van der Waals surface area contributed by atoms with Crippen LogP contribution >= 0.6 is 0 Å². The minimum absolute atomic E-state index is 0.106. The number of hydrogen-bond donors (Lipinski definition) is 2. The molecule has 20 heavy (non-hydrogen) atoms. The van der Waals surface area contributed by atoms with Gasteiger partial charge in [0.2, 0.25) is 5.82 Å². The number of nitro groups is 1. The number of hydrogen-bond acceptors (Lipinski definition) is 7. The number of ether oxygens (including phenoxy) is 1. The van der Waals surface area contributed by atoms with Gasteiger partial charge in [0.05, 0.1) is 4.92 Å². The maximum Gasteiger partial charge on any atom is 0.374 e. The Labute approximate surface area is 114 Å². The molecule has 8 heteroatoms. The summed E-state index contributed by atoms with van der Waals surface area (Å²) in [4.78, 5) is 17.9. The maximum absolute atomic E-state index is 11.1. The number of anilines is 1. The summed E-state index contributed by atoms with van der Waals surface area (Å²) in [5, 5.41) is 11.1. The highest BCUT2D eigenvalue weighted by molar-refractivity contribution is 5.61. The number of nitrogens with two attached hydrogens (primary N) is 1. The zero-order chi connectivity index (χ0) is 14.7. The van der Waals surface area contributed by atoms with E-state index in [4.69, 9.17) is 10.6 Å². The van der Waals surface area contributed by atoms with Gasteiger partial charge in [-0.05, 0) is 31.0 Å². The molecule has 0 aliphatic carbocycles. The van der Waals surface area contributed by atoms with Crippen LogP contribution in [0, 0.1) is 24.0 Å². The summed E-state index contributed by atoms with van der Waals surface area (Å²) in [6.07, 6.45) is 1.14. The molecule has 0 bridgehead atoms. The number of aryl methyl sites for hydroxylation is 1. The lowest BCUT2D eigenvalue weighted by molar-refractivity contribution is -0.385. The lowest BCUT2D eigenvalue weighted by Gasteiger charge is -2.10. The summed E-state index contributed by atoms with van der Waals surface area (Å²) in [5.41, 5.74) is 3.64. The van der Waals surface area contributed by atoms with E-state index in [1.54, 1.807) is 12.1 Å². The van der Waals surface area contributed by atoms with Gasteiger partial charge in [-0.15, -0.1) is 0 Å². The normalized spacial score (nSPS) is 10.2. The van der Waals surface area contributed by atoms with E-state index in [-0.39, 0.29) is 11.7 Å². The fourth-order valence-electron chi connectivity index (χ4n) is 1.65. The molecule has 0 spiro atoms. The predicted octanol–water partition coefficient (Wildman–Crippen LogP) is 2.08. The number of benzene rings is 1. The molecule has 0 saturated carbocycles. The van der Waals surface area contributed by atoms with Gasteiger partial charge in [-0.3, -0.25) is 10.1 Å². The number of hydrazine groups is 1. The third-order valence-electron chi connectivity index (χ3n) is 2.87. The van der Waals surface area contributed by atoms with E-state index < -0.39 is 10.6 Å². The molecule has 0 aliphatic heterocycles. The molecule has 104 valence electrons. The van der Waals surface area contributed by atoms with Crippen LogP contribution < -0.4 is 16.0 Å². The van der Waals surface area contributed by atoms with Crippen molar-refractivity contribution < 1.29 is 9.66 Å². The molecule has 0 unspecified atom stereocenters. The molecule has 3 N–H and O–H groups in total. The number of rotatable bonds is 4. The highest BCUT2D eigenvalue weighted by atomic mass is 16.6. The average molecular weight is 275 g/mol. The van der Waals surface area contributed by atoms with Crippen LogP contribution in [0.15, 0.2) is 24.5 Å². The third kappa shape index (κ3) is 2.50. The van der Waals surface area contributed by atoms with E-state index in [9.17, 15) is 10.1 Å². The molecular formula is C12H13N5O3. The van der Waals surface area contributed by atoms with Crippen LogP contribution in [0.3, 0.4) is 0 Å². The summed E-state index contributed by atoms with van der Waals surface area (Å²) in [6.45, 7) is 3.78.